The van der Waals surface area contributed by atoms with Crippen molar-refractivity contribution in [2.75, 3.05) is 0 Å². The average Bonchev–Trinajstić information content (AvgIpc) is 3.34. The summed E-state index contributed by atoms with van der Waals surface area (Å²) in [5.74, 6) is -1.30. The summed E-state index contributed by atoms with van der Waals surface area (Å²) in [7, 11) is 0. The van der Waals surface area contributed by atoms with Crippen LogP contribution in [-0.4, -0.2) is 29.9 Å². The first-order valence-corrected chi connectivity index (χ1v) is 8.57. The molecule has 0 saturated heterocycles. The molecule has 2 aromatic carbocycles. The molecule has 4 rings (SSSR count). The number of benzene rings is 2. The van der Waals surface area contributed by atoms with Crippen LogP contribution in [0.3, 0.4) is 0 Å². The number of nitrogens with zero attached hydrogens (tertiary/aromatic N) is 3. The zero-order chi connectivity index (χ0) is 20.4. The van der Waals surface area contributed by atoms with Crippen LogP contribution in [0.1, 0.15) is 11.3 Å². The molecule has 1 aliphatic rings. The molecular formula is C20H13F4N3O2. The summed E-state index contributed by atoms with van der Waals surface area (Å²) in [6.07, 6.45) is 1.85. The number of aliphatic imine (C=N–C) groups is 2. The number of rotatable bonds is 6. The van der Waals surface area contributed by atoms with Crippen LogP contribution < -0.4 is 4.74 Å². The van der Waals surface area contributed by atoms with Crippen molar-refractivity contribution in [1.82, 2.24) is 5.16 Å². The number of halogens is 4. The Morgan fingerprint density at radius 3 is 2.62 bits per heavy atom. The fourth-order valence-electron chi connectivity index (χ4n) is 2.85. The molecule has 3 aromatic rings. The predicted molar refractivity (Wildman–Crippen MR) is 97.5 cm³/mol. The molecule has 0 spiro atoms. The largest absolute Gasteiger partial charge is 0.435 e. The Morgan fingerprint density at radius 1 is 1.07 bits per heavy atom. The molecule has 0 fully saturated rings. The minimum absolute atomic E-state index is 0.00637. The van der Waals surface area contributed by atoms with Crippen molar-refractivity contribution in [1.29, 1.82) is 0 Å². The SMILES string of the molecule is Fc1cccc(C2=NC(Cc3cc(-c4ccc(OC(F)F)cc4)no3)C=N2)c1F. The van der Waals surface area contributed by atoms with E-state index in [-0.39, 0.29) is 17.1 Å². The lowest BCUT2D eigenvalue weighted by molar-refractivity contribution is -0.0498. The lowest BCUT2D eigenvalue weighted by atomic mass is 10.1. The van der Waals surface area contributed by atoms with E-state index in [1.54, 1.807) is 18.2 Å². The van der Waals surface area contributed by atoms with E-state index < -0.39 is 24.3 Å². The number of hydrogen-bond donors (Lipinski definition) is 0. The van der Waals surface area contributed by atoms with Crippen LogP contribution in [0.25, 0.3) is 11.3 Å². The zero-order valence-corrected chi connectivity index (χ0v) is 14.7. The quantitative estimate of drug-likeness (QED) is 0.563. The highest BCUT2D eigenvalue weighted by Gasteiger charge is 2.20. The van der Waals surface area contributed by atoms with Crippen LogP contribution in [0.5, 0.6) is 5.75 Å². The van der Waals surface area contributed by atoms with Crippen molar-refractivity contribution in [2.45, 2.75) is 19.1 Å². The van der Waals surface area contributed by atoms with Crippen molar-refractivity contribution < 1.29 is 26.8 Å². The van der Waals surface area contributed by atoms with E-state index >= 15 is 0 Å². The van der Waals surface area contributed by atoms with Crippen LogP contribution in [0.2, 0.25) is 0 Å². The van der Waals surface area contributed by atoms with Crippen LogP contribution in [0.4, 0.5) is 17.6 Å². The molecule has 0 saturated carbocycles. The normalized spacial score (nSPS) is 15.8. The maximum atomic E-state index is 13.9. The van der Waals surface area contributed by atoms with Gasteiger partial charge in [0, 0.05) is 24.3 Å². The number of amidine groups is 1. The number of aromatic nitrogens is 1. The second kappa shape index (κ2) is 7.86. The molecule has 2 heterocycles. The molecule has 1 atom stereocenters. The van der Waals surface area contributed by atoms with E-state index in [0.717, 1.165) is 6.07 Å². The first-order chi connectivity index (χ1) is 14.0. The van der Waals surface area contributed by atoms with Crippen molar-refractivity contribution in [3.8, 4) is 17.0 Å². The Bertz CT molecular complexity index is 1080. The highest BCUT2D eigenvalue weighted by Crippen LogP contribution is 2.24. The Balaban J connectivity index is 1.45. The number of alkyl halides is 2. The smallest absolute Gasteiger partial charge is 0.387 e. The average molecular weight is 403 g/mol. The third-order valence-corrected chi connectivity index (χ3v) is 4.19. The molecule has 9 heteroatoms. The molecule has 5 nitrogen and oxygen atoms in total. The Kier molecular flexibility index (Phi) is 5.11. The maximum absolute atomic E-state index is 13.9. The van der Waals surface area contributed by atoms with Gasteiger partial charge in [-0.1, -0.05) is 11.2 Å². The van der Waals surface area contributed by atoms with E-state index in [4.69, 9.17) is 4.52 Å². The lowest BCUT2D eigenvalue weighted by Crippen LogP contribution is -2.07. The van der Waals surface area contributed by atoms with Gasteiger partial charge in [0.25, 0.3) is 0 Å². The van der Waals surface area contributed by atoms with E-state index in [1.807, 2.05) is 0 Å². The van der Waals surface area contributed by atoms with Crippen LogP contribution in [0, 0.1) is 11.6 Å². The van der Waals surface area contributed by atoms with Crippen molar-refractivity contribution in [3.63, 3.8) is 0 Å². The first-order valence-electron chi connectivity index (χ1n) is 8.57. The van der Waals surface area contributed by atoms with Gasteiger partial charge in [-0.05, 0) is 36.4 Å². The minimum atomic E-state index is -2.89. The molecule has 0 bridgehead atoms. The van der Waals surface area contributed by atoms with Gasteiger partial charge in [-0.2, -0.15) is 8.78 Å². The van der Waals surface area contributed by atoms with Crippen LogP contribution in [0.15, 0.2) is 63.0 Å². The monoisotopic (exact) mass is 403 g/mol. The standard InChI is InChI=1S/C20H13F4N3O2/c21-16-3-1-2-15(18(16)22)19-25-10-12(26-19)8-14-9-17(27-29-14)11-4-6-13(7-5-11)28-20(23)24/h1-7,9-10,12,20H,8H2. The molecule has 1 unspecified atom stereocenters. The molecule has 1 aliphatic heterocycles. The van der Waals surface area contributed by atoms with Gasteiger partial charge in [0.2, 0.25) is 0 Å². The topological polar surface area (TPSA) is 60.0 Å². The summed E-state index contributed by atoms with van der Waals surface area (Å²) in [6, 6.07) is 11.1. The van der Waals surface area contributed by atoms with Crippen molar-refractivity contribution in [3.05, 3.63) is 71.5 Å². The summed E-state index contributed by atoms with van der Waals surface area (Å²) < 4.78 is 61.3. The van der Waals surface area contributed by atoms with Gasteiger partial charge in [-0.25, -0.2) is 13.8 Å². The molecule has 0 N–H and O–H groups in total. The Labute approximate surface area is 162 Å². The zero-order valence-electron chi connectivity index (χ0n) is 14.7. The van der Waals surface area contributed by atoms with Crippen molar-refractivity contribution in [2.24, 2.45) is 9.98 Å². The van der Waals surface area contributed by atoms with Gasteiger partial charge in [0.1, 0.15) is 17.2 Å². The van der Waals surface area contributed by atoms with E-state index in [0.29, 0.717) is 23.4 Å². The second-order valence-electron chi connectivity index (χ2n) is 6.19. The Hall–Kier alpha value is -3.49. The molecule has 0 amide bonds. The lowest BCUT2D eigenvalue weighted by Gasteiger charge is -2.04. The third-order valence-electron chi connectivity index (χ3n) is 4.19. The van der Waals surface area contributed by atoms with Gasteiger partial charge < -0.3 is 9.26 Å². The maximum Gasteiger partial charge on any atom is 0.387 e. The summed E-state index contributed by atoms with van der Waals surface area (Å²) in [4.78, 5) is 8.35. The predicted octanol–water partition coefficient (Wildman–Crippen LogP) is 4.66. The highest BCUT2D eigenvalue weighted by molar-refractivity contribution is 6.07. The summed E-state index contributed by atoms with van der Waals surface area (Å²) in [6.45, 7) is -2.89. The minimum Gasteiger partial charge on any atom is -0.435 e. The van der Waals surface area contributed by atoms with Crippen LogP contribution >= 0.6 is 0 Å². The first kappa shape index (κ1) is 18.9. The fourth-order valence-corrected chi connectivity index (χ4v) is 2.85. The number of hydrogen-bond acceptors (Lipinski definition) is 5. The van der Waals surface area contributed by atoms with Gasteiger partial charge in [-0.15, -0.1) is 0 Å². The van der Waals surface area contributed by atoms with Crippen LogP contribution in [-0.2, 0) is 6.42 Å². The number of ether oxygens (including phenoxy) is 1. The van der Waals surface area contributed by atoms with E-state index in [2.05, 4.69) is 19.9 Å². The fraction of sp³-hybridized carbons (Fsp3) is 0.150. The Morgan fingerprint density at radius 2 is 1.86 bits per heavy atom. The van der Waals surface area contributed by atoms with E-state index in [9.17, 15) is 17.6 Å². The molecular weight excluding hydrogens is 390 g/mol. The van der Waals surface area contributed by atoms with Crippen molar-refractivity contribution >= 4 is 12.1 Å². The van der Waals surface area contributed by atoms with Gasteiger partial charge in [0.15, 0.2) is 17.5 Å². The molecule has 0 radical (unpaired) electrons. The van der Waals surface area contributed by atoms with Gasteiger partial charge >= 0.3 is 6.61 Å². The molecule has 1 aromatic heterocycles. The molecule has 0 aliphatic carbocycles. The third kappa shape index (κ3) is 4.18. The summed E-state index contributed by atoms with van der Waals surface area (Å²) in [5.41, 5.74) is 1.17. The molecule has 148 valence electrons. The summed E-state index contributed by atoms with van der Waals surface area (Å²) in [5, 5.41) is 3.96. The molecule has 29 heavy (non-hydrogen) atoms. The second-order valence-corrected chi connectivity index (χ2v) is 6.19. The van der Waals surface area contributed by atoms with E-state index in [1.165, 1.54) is 30.5 Å². The highest BCUT2D eigenvalue weighted by atomic mass is 19.3. The van der Waals surface area contributed by atoms with Gasteiger partial charge in [-0.3, -0.25) is 4.99 Å². The summed E-state index contributed by atoms with van der Waals surface area (Å²) >= 11 is 0. The van der Waals surface area contributed by atoms with Gasteiger partial charge in [0.05, 0.1) is 11.6 Å².